The topological polar surface area (TPSA) is 65.0 Å². The van der Waals surface area contributed by atoms with Crippen molar-refractivity contribution in [3.63, 3.8) is 0 Å². The maximum absolute atomic E-state index is 13.7. The van der Waals surface area contributed by atoms with Crippen molar-refractivity contribution in [2.45, 2.75) is 6.10 Å². The number of aliphatic hydroxyl groups excluding tert-OH is 1. The second-order valence-electron chi connectivity index (χ2n) is 3.25. The monoisotopic (exact) mass is 306 g/mol. The molecule has 0 fully saturated rings. The molecular formula is C10H8BrFO5. The smallest absolute Gasteiger partial charge is 0.339 e. The van der Waals surface area contributed by atoms with Gasteiger partial charge in [0.2, 0.25) is 6.79 Å². The summed E-state index contributed by atoms with van der Waals surface area (Å²) in [4.78, 5) is 11.2. The molecule has 1 aromatic rings. The first-order chi connectivity index (χ1) is 8.06. The van der Waals surface area contributed by atoms with Crippen molar-refractivity contribution < 1.29 is 28.5 Å². The van der Waals surface area contributed by atoms with Crippen molar-refractivity contribution >= 4 is 21.9 Å². The normalized spacial score (nSPS) is 14.6. The Balaban J connectivity index is 2.51. The number of hydrogen-bond donors (Lipinski definition) is 1. The highest BCUT2D eigenvalue weighted by Gasteiger charge is 2.30. The molecule has 0 amide bonds. The van der Waals surface area contributed by atoms with Crippen LogP contribution in [0.1, 0.15) is 11.7 Å². The molecule has 0 radical (unpaired) electrons. The molecule has 1 aliphatic rings. The third kappa shape index (κ3) is 1.96. The summed E-state index contributed by atoms with van der Waals surface area (Å²) in [6.45, 7) is -0.0366. The van der Waals surface area contributed by atoms with E-state index in [1.807, 2.05) is 0 Å². The van der Waals surface area contributed by atoms with Crippen LogP contribution >= 0.6 is 15.9 Å². The van der Waals surface area contributed by atoms with Crippen LogP contribution in [0.5, 0.6) is 11.5 Å². The Hall–Kier alpha value is -1.34. The predicted octanol–water partition coefficient (Wildman–Crippen LogP) is 1.52. The van der Waals surface area contributed by atoms with E-state index < -0.39 is 17.9 Å². The number of fused-ring (bicyclic) bond motifs is 1. The molecule has 1 heterocycles. The lowest BCUT2D eigenvalue weighted by molar-refractivity contribution is -0.150. The maximum Gasteiger partial charge on any atom is 0.339 e. The summed E-state index contributed by atoms with van der Waals surface area (Å²) in [5.41, 5.74) is -0.235. The largest absolute Gasteiger partial charge is 0.467 e. The molecule has 0 aromatic heterocycles. The molecule has 1 atom stereocenters. The maximum atomic E-state index is 13.7. The van der Waals surface area contributed by atoms with Crippen LogP contribution in [0.4, 0.5) is 4.39 Å². The molecular weight excluding hydrogens is 299 g/mol. The molecule has 7 heteroatoms. The SMILES string of the molecule is COC(=O)C(O)c1c(F)cc2c(c1Br)OCO2. The molecule has 0 spiro atoms. The zero-order chi connectivity index (χ0) is 12.6. The highest BCUT2D eigenvalue weighted by molar-refractivity contribution is 9.10. The van der Waals surface area contributed by atoms with Crippen LogP contribution in [0.2, 0.25) is 0 Å². The van der Waals surface area contributed by atoms with Crippen molar-refractivity contribution in [3.8, 4) is 11.5 Å². The lowest BCUT2D eigenvalue weighted by atomic mass is 10.1. The second kappa shape index (κ2) is 4.50. The Kier molecular flexibility index (Phi) is 3.21. The Bertz CT molecular complexity index is 476. The summed E-state index contributed by atoms with van der Waals surface area (Å²) >= 11 is 3.07. The number of aliphatic hydroxyl groups is 1. The van der Waals surface area contributed by atoms with E-state index in [0.717, 1.165) is 13.2 Å². The number of rotatable bonds is 2. The summed E-state index contributed by atoms with van der Waals surface area (Å²) in [5, 5.41) is 9.64. The van der Waals surface area contributed by atoms with Gasteiger partial charge in [-0.25, -0.2) is 9.18 Å². The number of halogens is 2. The number of benzene rings is 1. The van der Waals surface area contributed by atoms with Crippen molar-refractivity contribution in [3.05, 3.63) is 21.9 Å². The van der Waals surface area contributed by atoms with Crippen LogP contribution in [-0.4, -0.2) is 25.0 Å². The molecule has 0 aliphatic carbocycles. The Morgan fingerprint density at radius 1 is 1.65 bits per heavy atom. The van der Waals surface area contributed by atoms with Crippen LogP contribution in [-0.2, 0) is 9.53 Å². The number of hydrogen-bond acceptors (Lipinski definition) is 5. The van der Waals surface area contributed by atoms with Crippen LogP contribution < -0.4 is 9.47 Å². The lowest BCUT2D eigenvalue weighted by Crippen LogP contribution is -2.15. The fourth-order valence-electron chi connectivity index (χ4n) is 1.47. The Morgan fingerprint density at radius 2 is 2.35 bits per heavy atom. The summed E-state index contributed by atoms with van der Waals surface area (Å²) in [6.07, 6.45) is -1.72. The van der Waals surface area contributed by atoms with Gasteiger partial charge in [-0.1, -0.05) is 0 Å². The zero-order valence-corrected chi connectivity index (χ0v) is 10.3. The molecule has 0 saturated heterocycles. The fourth-order valence-corrected chi connectivity index (χ4v) is 2.18. The molecule has 1 aromatic carbocycles. The molecule has 0 saturated carbocycles. The van der Waals surface area contributed by atoms with Gasteiger partial charge < -0.3 is 19.3 Å². The standard InChI is InChI=1S/C10H8BrFO5/c1-15-10(14)8(13)6-4(12)2-5-9(7(6)11)17-3-16-5/h2,8,13H,3H2,1H3. The first kappa shape index (κ1) is 12.1. The zero-order valence-electron chi connectivity index (χ0n) is 8.70. The van der Waals surface area contributed by atoms with Gasteiger partial charge in [-0.2, -0.15) is 0 Å². The molecule has 2 rings (SSSR count). The number of carbonyl (C=O) groups is 1. The van der Waals surface area contributed by atoms with Crippen LogP contribution in [0.25, 0.3) is 0 Å². The van der Waals surface area contributed by atoms with Crippen molar-refractivity contribution in [2.75, 3.05) is 13.9 Å². The average Bonchev–Trinajstić information content (AvgIpc) is 2.75. The van der Waals surface area contributed by atoms with Gasteiger partial charge in [-0.3, -0.25) is 0 Å². The summed E-state index contributed by atoms with van der Waals surface area (Å²) in [5.74, 6) is -1.26. The highest BCUT2D eigenvalue weighted by atomic mass is 79.9. The van der Waals surface area contributed by atoms with E-state index in [2.05, 4.69) is 20.7 Å². The molecule has 92 valence electrons. The second-order valence-corrected chi connectivity index (χ2v) is 4.04. The molecule has 5 nitrogen and oxygen atoms in total. The van der Waals surface area contributed by atoms with Gasteiger partial charge in [-0.05, 0) is 15.9 Å². The van der Waals surface area contributed by atoms with Gasteiger partial charge in [0, 0.05) is 11.6 Å². The van der Waals surface area contributed by atoms with E-state index >= 15 is 0 Å². The molecule has 0 bridgehead atoms. The van der Waals surface area contributed by atoms with E-state index in [9.17, 15) is 14.3 Å². The van der Waals surface area contributed by atoms with E-state index in [1.165, 1.54) is 0 Å². The van der Waals surface area contributed by atoms with Crippen molar-refractivity contribution in [1.29, 1.82) is 0 Å². The van der Waals surface area contributed by atoms with E-state index in [4.69, 9.17) is 9.47 Å². The van der Waals surface area contributed by atoms with Gasteiger partial charge in [-0.15, -0.1) is 0 Å². The van der Waals surface area contributed by atoms with Crippen molar-refractivity contribution in [1.82, 2.24) is 0 Å². The van der Waals surface area contributed by atoms with E-state index in [-0.39, 0.29) is 28.3 Å². The first-order valence-electron chi connectivity index (χ1n) is 4.59. The number of ether oxygens (including phenoxy) is 3. The lowest BCUT2D eigenvalue weighted by Gasteiger charge is -2.13. The summed E-state index contributed by atoms with van der Waals surface area (Å²) < 4.78 is 28.3. The van der Waals surface area contributed by atoms with Gasteiger partial charge in [0.1, 0.15) is 5.82 Å². The summed E-state index contributed by atoms with van der Waals surface area (Å²) in [7, 11) is 1.10. The highest BCUT2D eigenvalue weighted by Crippen LogP contribution is 2.44. The minimum Gasteiger partial charge on any atom is -0.467 e. The average molecular weight is 307 g/mol. The molecule has 1 N–H and O–H groups in total. The molecule has 1 unspecified atom stereocenters. The van der Waals surface area contributed by atoms with Crippen molar-refractivity contribution in [2.24, 2.45) is 0 Å². The molecule has 17 heavy (non-hydrogen) atoms. The van der Waals surface area contributed by atoms with Crippen LogP contribution in [0, 0.1) is 5.82 Å². The third-order valence-electron chi connectivity index (χ3n) is 2.29. The van der Waals surface area contributed by atoms with Gasteiger partial charge in [0.25, 0.3) is 0 Å². The predicted molar refractivity (Wildman–Crippen MR) is 57.2 cm³/mol. The third-order valence-corrected chi connectivity index (χ3v) is 3.08. The van der Waals surface area contributed by atoms with E-state index in [1.54, 1.807) is 0 Å². The Morgan fingerprint density at radius 3 is 3.00 bits per heavy atom. The number of carbonyl (C=O) groups excluding carboxylic acids is 1. The fraction of sp³-hybridized carbons (Fsp3) is 0.300. The van der Waals surface area contributed by atoms with Gasteiger partial charge in [0.15, 0.2) is 17.6 Å². The van der Waals surface area contributed by atoms with E-state index in [0.29, 0.717) is 0 Å². The molecule has 1 aliphatic heterocycles. The van der Waals surface area contributed by atoms with Gasteiger partial charge in [0.05, 0.1) is 11.6 Å². The van der Waals surface area contributed by atoms with Gasteiger partial charge >= 0.3 is 5.97 Å². The quantitative estimate of drug-likeness (QED) is 0.839. The minimum atomic E-state index is -1.72. The van der Waals surface area contributed by atoms with Crippen LogP contribution in [0.3, 0.4) is 0 Å². The summed E-state index contributed by atoms with van der Waals surface area (Å²) in [6, 6.07) is 1.05. The first-order valence-corrected chi connectivity index (χ1v) is 5.39. The number of methoxy groups -OCH3 is 1. The minimum absolute atomic E-state index is 0.0366. The Labute approximate surface area is 104 Å². The van der Waals surface area contributed by atoms with Crippen LogP contribution in [0.15, 0.2) is 10.5 Å². The number of esters is 1.